The summed E-state index contributed by atoms with van der Waals surface area (Å²) in [6.07, 6.45) is 2.86. The maximum atomic E-state index is 13.4. The molecule has 1 heterocycles. The molecule has 33 heavy (non-hydrogen) atoms. The average molecular weight is 480 g/mol. The molecule has 0 spiro atoms. The van der Waals surface area contributed by atoms with Crippen LogP contribution < -0.4 is 26.6 Å². The molecule has 0 atom stereocenters. The summed E-state index contributed by atoms with van der Waals surface area (Å²) in [5, 5.41) is 0. The van der Waals surface area contributed by atoms with E-state index in [1.807, 2.05) is 13.8 Å². The van der Waals surface area contributed by atoms with Gasteiger partial charge in [0.1, 0.15) is 5.82 Å². The van der Waals surface area contributed by atoms with Gasteiger partial charge in [-0.05, 0) is 51.0 Å². The van der Waals surface area contributed by atoms with Crippen LogP contribution in [-0.2, 0) is 16.6 Å². The Morgan fingerprint density at radius 2 is 1.73 bits per heavy atom. The molecule has 4 N–H and O–H groups in total. The van der Waals surface area contributed by atoms with Crippen molar-refractivity contribution in [2.24, 2.45) is 0 Å². The summed E-state index contributed by atoms with van der Waals surface area (Å²) in [6, 6.07) is 5.19. The number of H-pyrrole nitrogens is 1. The lowest BCUT2D eigenvalue weighted by Gasteiger charge is -2.24. The highest BCUT2D eigenvalue weighted by Gasteiger charge is 2.25. The summed E-state index contributed by atoms with van der Waals surface area (Å²) in [7, 11) is -3.71. The highest BCUT2D eigenvalue weighted by molar-refractivity contribution is 7.89. The van der Waals surface area contributed by atoms with E-state index in [0.29, 0.717) is 19.4 Å². The summed E-state index contributed by atoms with van der Waals surface area (Å²) in [4.78, 5) is 41.9. The quantitative estimate of drug-likeness (QED) is 0.449. The summed E-state index contributed by atoms with van der Waals surface area (Å²) < 4.78 is 28.5. The van der Waals surface area contributed by atoms with Gasteiger partial charge < -0.3 is 10.6 Å². The zero-order valence-electron chi connectivity index (χ0n) is 19.6. The van der Waals surface area contributed by atoms with Gasteiger partial charge in [0.25, 0.3) is 11.5 Å². The monoisotopic (exact) mass is 479 g/mol. The molecule has 0 radical (unpaired) electrons. The first kappa shape index (κ1) is 26.3. The van der Waals surface area contributed by atoms with Crippen LogP contribution in [0.1, 0.15) is 63.7 Å². The number of hydrogen-bond donors (Lipinski definition) is 3. The molecule has 0 bridgehead atoms. The Bertz CT molecular complexity index is 1180. The largest absolute Gasteiger partial charge is 0.383 e. The number of aromatic nitrogens is 2. The highest BCUT2D eigenvalue weighted by atomic mass is 32.2. The number of benzene rings is 1. The van der Waals surface area contributed by atoms with Gasteiger partial charge in [0, 0.05) is 24.7 Å². The SMILES string of the molecule is CCCCN(C(=O)c1ccc(S(=O)(=O)NC(C)C)cc1)c1c(N)n(CCCC)c(=O)[nH]c1=O. The smallest absolute Gasteiger partial charge is 0.330 e. The van der Waals surface area contributed by atoms with Crippen molar-refractivity contribution in [1.82, 2.24) is 14.3 Å². The van der Waals surface area contributed by atoms with E-state index in [1.54, 1.807) is 13.8 Å². The normalized spacial score (nSPS) is 11.7. The predicted octanol–water partition coefficient (Wildman–Crippen LogP) is 2.05. The number of nitrogens with one attached hydrogen (secondary N) is 2. The zero-order chi connectivity index (χ0) is 24.8. The van der Waals surface area contributed by atoms with Crippen molar-refractivity contribution in [2.75, 3.05) is 17.2 Å². The summed E-state index contributed by atoms with van der Waals surface area (Å²) in [5.74, 6) is -0.580. The van der Waals surface area contributed by atoms with Gasteiger partial charge in [0.2, 0.25) is 10.0 Å². The highest BCUT2D eigenvalue weighted by Crippen LogP contribution is 2.21. The van der Waals surface area contributed by atoms with Crippen LogP contribution in [0.3, 0.4) is 0 Å². The number of carbonyl (C=O) groups is 1. The molecule has 11 heteroatoms. The van der Waals surface area contributed by atoms with Crippen molar-refractivity contribution >= 4 is 27.4 Å². The first-order valence-electron chi connectivity index (χ1n) is 11.1. The molecule has 0 saturated carbocycles. The minimum Gasteiger partial charge on any atom is -0.383 e. The van der Waals surface area contributed by atoms with Crippen LogP contribution in [0.2, 0.25) is 0 Å². The van der Waals surface area contributed by atoms with Gasteiger partial charge in [-0.3, -0.25) is 19.1 Å². The first-order chi connectivity index (χ1) is 15.5. The van der Waals surface area contributed by atoms with E-state index < -0.39 is 27.2 Å². The molecular formula is C22H33N5O5S. The Morgan fingerprint density at radius 3 is 2.27 bits per heavy atom. The van der Waals surface area contributed by atoms with E-state index in [1.165, 1.54) is 33.7 Å². The Labute approximate surface area is 193 Å². The number of anilines is 2. The Kier molecular flexibility index (Phi) is 9.00. The fourth-order valence-corrected chi connectivity index (χ4v) is 4.57. The van der Waals surface area contributed by atoms with Gasteiger partial charge in [0.15, 0.2) is 5.69 Å². The number of aromatic amines is 1. The number of hydrogen-bond acceptors (Lipinski definition) is 6. The van der Waals surface area contributed by atoms with E-state index in [2.05, 4.69) is 9.71 Å². The topological polar surface area (TPSA) is 147 Å². The molecule has 0 aliphatic rings. The molecule has 2 rings (SSSR count). The van der Waals surface area contributed by atoms with Gasteiger partial charge in [-0.15, -0.1) is 0 Å². The summed E-state index contributed by atoms with van der Waals surface area (Å²) >= 11 is 0. The van der Waals surface area contributed by atoms with Crippen LogP contribution in [0.5, 0.6) is 0 Å². The van der Waals surface area contributed by atoms with Crippen LogP contribution in [-0.4, -0.2) is 36.5 Å². The second kappa shape index (κ2) is 11.3. The van der Waals surface area contributed by atoms with Crippen molar-refractivity contribution in [2.45, 2.75) is 70.9 Å². The van der Waals surface area contributed by atoms with Crippen LogP contribution in [0.4, 0.5) is 11.5 Å². The van der Waals surface area contributed by atoms with Gasteiger partial charge in [-0.1, -0.05) is 26.7 Å². The first-order valence-corrected chi connectivity index (χ1v) is 12.6. The molecular weight excluding hydrogens is 446 g/mol. The predicted molar refractivity (Wildman–Crippen MR) is 129 cm³/mol. The number of unbranched alkanes of at least 4 members (excludes halogenated alkanes) is 2. The van der Waals surface area contributed by atoms with E-state index in [4.69, 9.17) is 5.73 Å². The second-order valence-electron chi connectivity index (χ2n) is 8.11. The third-order valence-corrected chi connectivity index (χ3v) is 6.68. The number of rotatable bonds is 11. The average Bonchev–Trinajstić information content (AvgIpc) is 2.74. The lowest BCUT2D eigenvalue weighted by molar-refractivity contribution is 0.0986. The fraction of sp³-hybridized carbons (Fsp3) is 0.500. The van der Waals surface area contributed by atoms with Crippen LogP contribution >= 0.6 is 0 Å². The van der Waals surface area contributed by atoms with Gasteiger partial charge >= 0.3 is 5.69 Å². The fourth-order valence-electron chi connectivity index (χ4n) is 3.32. The maximum Gasteiger partial charge on any atom is 0.330 e. The van der Waals surface area contributed by atoms with Crippen LogP contribution in [0, 0.1) is 0 Å². The Hall–Kier alpha value is -2.92. The van der Waals surface area contributed by atoms with Crippen molar-refractivity contribution in [3.63, 3.8) is 0 Å². The number of nitrogens with zero attached hydrogens (tertiary/aromatic N) is 2. The Balaban J connectivity index is 2.51. The molecule has 2 aromatic rings. The molecule has 0 saturated heterocycles. The van der Waals surface area contributed by atoms with Gasteiger partial charge in [-0.2, -0.15) is 0 Å². The molecule has 0 aliphatic carbocycles. The molecule has 0 fully saturated rings. The minimum atomic E-state index is -3.71. The van der Waals surface area contributed by atoms with E-state index in [9.17, 15) is 22.8 Å². The summed E-state index contributed by atoms with van der Waals surface area (Å²) in [5.41, 5.74) is 4.96. The van der Waals surface area contributed by atoms with Crippen molar-refractivity contribution in [3.05, 3.63) is 50.7 Å². The molecule has 1 aromatic heterocycles. The van der Waals surface area contributed by atoms with Crippen molar-refractivity contribution in [1.29, 1.82) is 0 Å². The molecule has 182 valence electrons. The van der Waals surface area contributed by atoms with E-state index >= 15 is 0 Å². The number of carbonyl (C=O) groups excluding carboxylic acids is 1. The number of sulfonamides is 1. The number of nitrogens with two attached hydrogens (primary N) is 1. The third-order valence-electron chi connectivity index (χ3n) is 5.00. The lowest BCUT2D eigenvalue weighted by Crippen LogP contribution is -2.41. The maximum absolute atomic E-state index is 13.4. The zero-order valence-corrected chi connectivity index (χ0v) is 20.4. The standard InChI is InChI=1S/C22H33N5O5S/c1-5-7-13-26(18-19(23)27(14-8-6-2)22(30)24-20(18)28)21(29)16-9-11-17(12-10-16)33(31,32)25-15(3)4/h9-12,15,25H,5-8,13-14,23H2,1-4H3,(H,24,28,30). The van der Waals surface area contributed by atoms with Crippen LogP contribution in [0.25, 0.3) is 0 Å². The second-order valence-corrected chi connectivity index (χ2v) is 9.82. The molecule has 0 aliphatic heterocycles. The lowest BCUT2D eigenvalue weighted by atomic mass is 10.1. The Morgan fingerprint density at radius 1 is 1.12 bits per heavy atom. The molecule has 1 aromatic carbocycles. The molecule has 0 unspecified atom stereocenters. The summed E-state index contributed by atoms with van der Waals surface area (Å²) in [6.45, 7) is 7.86. The van der Waals surface area contributed by atoms with Gasteiger partial charge in [-0.25, -0.2) is 17.9 Å². The van der Waals surface area contributed by atoms with Crippen molar-refractivity contribution < 1.29 is 13.2 Å². The minimum absolute atomic E-state index is 0.0262. The number of nitrogen functional groups attached to an aromatic ring is 1. The third kappa shape index (κ3) is 6.32. The van der Waals surface area contributed by atoms with E-state index in [-0.39, 0.29) is 34.6 Å². The van der Waals surface area contributed by atoms with Crippen molar-refractivity contribution in [3.8, 4) is 0 Å². The van der Waals surface area contributed by atoms with Crippen LogP contribution in [0.15, 0.2) is 38.8 Å². The van der Waals surface area contributed by atoms with E-state index in [0.717, 1.165) is 12.8 Å². The molecule has 1 amide bonds. The van der Waals surface area contributed by atoms with Gasteiger partial charge in [0.05, 0.1) is 4.90 Å². The number of amides is 1. The molecule has 10 nitrogen and oxygen atoms in total.